The first-order valence-corrected chi connectivity index (χ1v) is 7.32. The van der Waals surface area contributed by atoms with Crippen molar-refractivity contribution in [2.75, 3.05) is 0 Å². The second-order valence-electron chi connectivity index (χ2n) is 5.29. The van der Waals surface area contributed by atoms with Crippen molar-refractivity contribution in [3.8, 4) is 5.75 Å². The Bertz CT molecular complexity index is 500. The third-order valence-electron chi connectivity index (χ3n) is 3.12. The van der Waals surface area contributed by atoms with Gasteiger partial charge in [0.25, 0.3) is 5.91 Å². The van der Waals surface area contributed by atoms with Gasteiger partial charge >= 0.3 is 0 Å². The fourth-order valence-electron chi connectivity index (χ4n) is 1.47. The van der Waals surface area contributed by atoms with Crippen LogP contribution in [0, 0.1) is 0 Å². The molecule has 1 unspecified atom stereocenters. The van der Waals surface area contributed by atoms with Crippen LogP contribution in [0.3, 0.4) is 0 Å². The van der Waals surface area contributed by atoms with E-state index in [4.69, 9.17) is 4.74 Å². The maximum absolute atomic E-state index is 12.0. The summed E-state index contributed by atoms with van der Waals surface area (Å²) in [4.78, 5) is 22.9. The van der Waals surface area contributed by atoms with Gasteiger partial charge in [0.1, 0.15) is 5.75 Å². The minimum Gasteiger partial charge on any atom is -0.481 e. The molecule has 1 aromatic carbocycles. The number of aldehydes is 1. The molecule has 0 saturated heterocycles. The summed E-state index contributed by atoms with van der Waals surface area (Å²) in [5, 5.41) is 2.92. The maximum atomic E-state index is 12.0. The summed E-state index contributed by atoms with van der Waals surface area (Å²) in [5.41, 5.74) is 0.228. The highest BCUT2D eigenvalue weighted by atomic mass is 79.9. The molecule has 0 aromatic heterocycles. The van der Waals surface area contributed by atoms with E-state index in [-0.39, 0.29) is 11.4 Å². The van der Waals surface area contributed by atoms with E-state index in [1.165, 1.54) is 0 Å². The Hall–Kier alpha value is -1.36. The molecule has 0 fully saturated rings. The largest absolute Gasteiger partial charge is 0.481 e. The molecule has 1 aromatic rings. The fourth-order valence-corrected chi connectivity index (χ4v) is 1.81. The minimum atomic E-state index is -0.624. The smallest absolute Gasteiger partial charge is 0.261 e. The van der Waals surface area contributed by atoms with Crippen LogP contribution in [0.25, 0.3) is 0 Å². The first-order chi connectivity index (χ1) is 9.29. The molecule has 0 aliphatic heterocycles. The van der Waals surface area contributed by atoms with Crippen molar-refractivity contribution in [1.82, 2.24) is 5.32 Å². The van der Waals surface area contributed by atoms with Crippen LogP contribution < -0.4 is 10.1 Å². The van der Waals surface area contributed by atoms with Crippen LogP contribution in [0.2, 0.25) is 0 Å². The summed E-state index contributed by atoms with van der Waals surface area (Å²) in [7, 11) is 0. The fraction of sp³-hybridized carbons (Fsp3) is 0.467. The molecule has 110 valence electrons. The van der Waals surface area contributed by atoms with Gasteiger partial charge in [-0.3, -0.25) is 9.59 Å². The molecular formula is C15H20BrNO3. The molecule has 1 amide bonds. The van der Waals surface area contributed by atoms with Gasteiger partial charge in [0.2, 0.25) is 0 Å². The van der Waals surface area contributed by atoms with E-state index in [0.29, 0.717) is 15.8 Å². The molecule has 1 N–H and O–H groups in total. The quantitative estimate of drug-likeness (QED) is 0.807. The van der Waals surface area contributed by atoms with Crippen LogP contribution in [0.4, 0.5) is 0 Å². The summed E-state index contributed by atoms with van der Waals surface area (Å²) in [6.07, 6.45) is 0.947. The second-order valence-corrected chi connectivity index (χ2v) is 6.14. The van der Waals surface area contributed by atoms with Crippen molar-refractivity contribution in [2.45, 2.75) is 45.8 Å². The van der Waals surface area contributed by atoms with Crippen LogP contribution in [-0.4, -0.2) is 23.8 Å². The Balaban J connectivity index is 2.73. The van der Waals surface area contributed by atoms with Gasteiger partial charge in [-0.1, -0.05) is 22.9 Å². The van der Waals surface area contributed by atoms with E-state index in [1.54, 1.807) is 25.1 Å². The zero-order valence-corrected chi connectivity index (χ0v) is 13.8. The summed E-state index contributed by atoms with van der Waals surface area (Å²) >= 11 is 3.27. The Morgan fingerprint density at radius 1 is 1.50 bits per heavy atom. The van der Waals surface area contributed by atoms with Crippen LogP contribution in [0.1, 0.15) is 44.5 Å². The highest BCUT2D eigenvalue weighted by Gasteiger charge is 2.22. The maximum Gasteiger partial charge on any atom is 0.261 e. The molecule has 0 spiro atoms. The van der Waals surface area contributed by atoms with Crippen LogP contribution in [0.5, 0.6) is 5.75 Å². The van der Waals surface area contributed by atoms with Crippen molar-refractivity contribution < 1.29 is 14.3 Å². The van der Waals surface area contributed by atoms with Crippen molar-refractivity contribution in [1.29, 1.82) is 0 Å². The molecule has 1 rings (SSSR count). The van der Waals surface area contributed by atoms with Gasteiger partial charge in [-0.2, -0.15) is 0 Å². The molecule has 4 nitrogen and oxygen atoms in total. The molecule has 0 aliphatic rings. The molecular weight excluding hydrogens is 322 g/mol. The Labute approximate surface area is 128 Å². The lowest BCUT2D eigenvalue weighted by molar-refractivity contribution is -0.128. The number of hydrogen-bond acceptors (Lipinski definition) is 3. The van der Waals surface area contributed by atoms with Gasteiger partial charge in [-0.25, -0.2) is 0 Å². The number of amides is 1. The summed E-state index contributed by atoms with van der Waals surface area (Å²) in [5.74, 6) is 0.319. The normalized spacial score (nSPS) is 12.7. The van der Waals surface area contributed by atoms with Gasteiger partial charge in [0, 0.05) is 15.6 Å². The van der Waals surface area contributed by atoms with E-state index in [2.05, 4.69) is 21.2 Å². The van der Waals surface area contributed by atoms with Gasteiger partial charge in [-0.05, 0) is 45.4 Å². The topological polar surface area (TPSA) is 55.4 Å². The monoisotopic (exact) mass is 341 g/mol. The first kappa shape index (κ1) is 16.7. The lowest BCUT2D eigenvalue weighted by atomic mass is 10.0. The second kappa shape index (κ2) is 6.88. The lowest BCUT2D eigenvalue weighted by Gasteiger charge is -2.26. The molecule has 5 heteroatoms. The van der Waals surface area contributed by atoms with E-state index < -0.39 is 6.10 Å². The molecule has 0 heterocycles. The van der Waals surface area contributed by atoms with E-state index in [0.717, 1.165) is 12.7 Å². The number of halogens is 1. The molecule has 1 atom stereocenters. The minimum absolute atomic E-state index is 0.174. The van der Waals surface area contributed by atoms with Gasteiger partial charge in [-0.15, -0.1) is 0 Å². The van der Waals surface area contributed by atoms with E-state index >= 15 is 0 Å². The number of ether oxygens (including phenoxy) is 1. The number of benzene rings is 1. The number of nitrogens with one attached hydrogen (secondary N) is 1. The van der Waals surface area contributed by atoms with Gasteiger partial charge in [0.15, 0.2) is 12.4 Å². The number of hydrogen-bond donors (Lipinski definition) is 1. The third kappa shape index (κ3) is 4.63. The third-order valence-corrected chi connectivity index (χ3v) is 3.84. The average Bonchev–Trinajstić information content (AvgIpc) is 2.40. The molecule has 0 bridgehead atoms. The number of carbonyl (C=O) groups excluding carboxylic acids is 2. The van der Waals surface area contributed by atoms with Crippen molar-refractivity contribution in [3.63, 3.8) is 0 Å². The molecule has 0 radical (unpaired) electrons. The predicted octanol–water partition coefficient (Wildman–Crippen LogP) is 3.33. The highest BCUT2D eigenvalue weighted by molar-refractivity contribution is 9.10. The zero-order valence-electron chi connectivity index (χ0n) is 12.2. The SMILES string of the molecule is CCC(C)(C)NC(=O)C(C)Oc1ccc(Br)c(C=O)c1. The number of carbonyl (C=O) groups is 2. The van der Waals surface area contributed by atoms with Gasteiger partial charge in [0.05, 0.1) is 0 Å². The van der Waals surface area contributed by atoms with E-state index in [1.807, 2.05) is 20.8 Å². The van der Waals surface area contributed by atoms with Crippen LogP contribution in [-0.2, 0) is 4.79 Å². The summed E-state index contributed by atoms with van der Waals surface area (Å²) in [6, 6.07) is 5.04. The Morgan fingerprint density at radius 2 is 2.15 bits per heavy atom. The molecule has 0 saturated carbocycles. The van der Waals surface area contributed by atoms with Crippen LogP contribution in [0.15, 0.2) is 22.7 Å². The zero-order chi connectivity index (χ0) is 15.3. The number of rotatable bonds is 6. The molecule has 20 heavy (non-hydrogen) atoms. The van der Waals surface area contributed by atoms with Crippen molar-refractivity contribution in [2.24, 2.45) is 0 Å². The van der Waals surface area contributed by atoms with Gasteiger partial charge < -0.3 is 10.1 Å². The predicted molar refractivity (Wildman–Crippen MR) is 82.1 cm³/mol. The lowest BCUT2D eigenvalue weighted by Crippen LogP contribution is -2.48. The van der Waals surface area contributed by atoms with Crippen molar-refractivity contribution >= 4 is 28.1 Å². The Kier molecular flexibility index (Phi) is 5.74. The Morgan fingerprint density at radius 3 is 2.70 bits per heavy atom. The van der Waals surface area contributed by atoms with E-state index in [9.17, 15) is 9.59 Å². The summed E-state index contributed by atoms with van der Waals surface area (Å²) in [6.45, 7) is 7.62. The summed E-state index contributed by atoms with van der Waals surface area (Å²) < 4.78 is 6.27. The van der Waals surface area contributed by atoms with Crippen molar-refractivity contribution in [3.05, 3.63) is 28.2 Å². The molecule has 0 aliphatic carbocycles. The standard InChI is InChI=1S/C15H20BrNO3/c1-5-15(3,4)17-14(19)10(2)20-12-6-7-13(16)11(8-12)9-18/h6-10H,5H2,1-4H3,(H,17,19). The highest BCUT2D eigenvalue weighted by Crippen LogP contribution is 2.22. The first-order valence-electron chi connectivity index (χ1n) is 6.52. The van der Waals surface area contributed by atoms with Crippen LogP contribution >= 0.6 is 15.9 Å². The average molecular weight is 342 g/mol.